The van der Waals surface area contributed by atoms with Crippen molar-refractivity contribution in [1.82, 2.24) is 0 Å². The van der Waals surface area contributed by atoms with Crippen LogP contribution in [0.5, 0.6) is 0 Å². The summed E-state index contributed by atoms with van der Waals surface area (Å²) >= 11 is 0. The van der Waals surface area contributed by atoms with Crippen molar-refractivity contribution in [1.29, 1.82) is 0 Å². The molecule has 0 aliphatic carbocycles. The molecule has 0 radical (unpaired) electrons. The molecule has 0 spiro atoms. The lowest BCUT2D eigenvalue weighted by Gasteiger charge is -2.01. The highest BCUT2D eigenvalue weighted by Crippen LogP contribution is 1.92. The van der Waals surface area contributed by atoms with Crippen LogP contribution in [0.2, 0.25) is 0 Å². The first-order valence-corrected chi connectivity index (χ1v) is 4.27. The van der Waals surface area contributed by atoms with Crippen LogP contribution in [0.15, 0.2) is 0 Å². The third-order valence-corrected chi connectivity index (χ3v) is 1.30. The van der Waals surface area contributed by atoms with Gasteiger partial charge in [-0.1, -0.05) is 13.3 Å². The van der Waals surface area contributed by atoms with E-state index >= 15 is 0 Å². The summed E-state index contributed by atoms with van der Waals surface area (Å²) in [6.45, 7) is 3.60. The fourth-order valence-corrected chi connectivity index (χ4v) is 0.594. The molecule has 0 amide bonds. The highest BCUT2D eigenvalue weighted by atomic mass is 17.2. The minimum atomic E-state index is 0.234. The van der Waals surface area contributed by atoms with Gasteiger partial charge in [0.2, 0.25) is 0 Å². The van der Waals surface area contributed by atoms with Gasteiger partial charge in [-0.15, -0.1) is 0 Å². The van der Waals surface area contributed by atoms with Crippen LogP contribution >= 0.6 is 0 Å². The van der Waals surface area contributed by atoms with E-state index in [4.69, 9.17) is 14.9 Å². The topological polar surface area (TPSA) is 38.7 Å². The van der Waals surface area contributed by atoms with Crippen molar-refractivity contribution in [2.24, 2.45) is 0 Å². The molecule has 0 aliphatic rings. The van der Waals surface area contributed by atoms with Gasteiger partial charge in [0.15, 0.2) is 0 Å². The van der Waals surface area contributed by atoms with Crippen molar-refractivity contribution in [2.45, 2.75) is 32.6 Å². The Labute approximate surface area is 68.2 Å². The van der Waals surface area contributed by atoms with Crippen LogP contribution < -0.4 is 0 Å². The molecular formula is C8H18O3. The largest absolute Gasteiger partial charge is 0.396 e. The first-order chi connectivity index (χ1) is 5.41. The van der Waals surface area contributed by atoms with Crippen molar-refractivity contribution in [2.75, 3.05) is 19.8 Å². The Morgan fingerprint density at radius 3 is 2.18 bits per heavy atom. The summed E-state index contributed by atoms with van der Waals surface area (Å²) < 4.78 is 0. The van der Waals surface area contributed by atoms with Crippen LogP contribution in [0.25, 0.3) is 0 Å². The third-order valence-electron chi connectivity index (χ3n) is 1.30. The summed E-state index contributed by atoms with van der Waals surface area (Å²) in [5.41, 5.74) is 0. The van der Waals surface area contributed by atoms with E-state index in [1.54, 1.807) is 0 Å². The van der Waals surface area contributed by atoms with Crippen molar-refractivity contribution >= 4 is 0 Å². The average molecular weight is 162 g/mol. The first-order valence-electron chi connectivity index (χ1n) is 4.27. The zero-order valence-corrected chi connectivity index (χ0v) is 7.21. The Hall–Kier alpha value is -0.120. The van der Waals surface area contributed by atoms with Gasteiger partial charge in [-0.3, -0.25) is 0 Å². The number of hydrogen-bond donors (Lipinski definition) is 1. The van der Waals surface area contributed by atoms with E-state index in [1.807, 2.05) is 0 Å². The molecule has 0 heterocycles. The van der Waals surface area contributed by atoms with Crippen LogP contribution in [0.3, 0.4) is 0 Å². The van der Waals surface area contributed by atoms with Crippen LogP contribution in [0, 0.1) is 0 Å². The Balaban J connectivity index is 2.69. The Morgan fingerprint density at radius 2 is 1.64 bits per heavy atom. The Morgan fingerprint density at radius 1 is 1.00 bits per heavy atom. The summed E-state index contributed by atoms with van der Waals surface area (Å²) in [6.07, 6.45) is 3.82. The molecule has 68 valence electrons. The van der Waals surface area contributed by atoms with Crippen molar-refractivity contribution in [3.05, 3.63) is 0 Å². The van der Waals surface area contributed by atoms with E-state index in [2.05, 4.69) is 6.92 Å². The minimum Gasteiger partial charge on any atom is -0.396 e. The second-order valence-corrected chi connectivity index (χ2v) is 2.43. The van der Waals surface area contributed by atoms with E-state index in [0.29, 0.717) is 13.2 Å². The molecule has 0 rings (SSSR count). The maximum absolute atomic E-state index is 8.41. The number of unbranched alkanes of at least 4 members (excludes halogenated alkanes) is 2. The molecule has 0 unspecified atom stereocenters. The molecule has 0 aromatic heterocycles. The number of rotatable bonds is 8. The normalized spacial score (nSPS) is 10.4. The number of aliphatic hydroxyl groups is 1. The SMILES string of the molecule is CCCCOOCCCCO. The van der Waals surface area contributed by atoms with Crippen molar-refractivity contribution in [3.8, 4) is 0 Å². The van der Waals surface area contributed by atoms with Gasteiger partial charge in [0, 0.05) is 6.61 Å². The van der Waals surface area contributed by atoms with Gasteiger partial charge in [0.25, 0.3) is 0 Å². The average Bonchev–Trinajstić information content (AvgIpc) is 2.03. The number of hydrogen-bond acceptors (Lipinski definition) is 3. The lowest BCUT2D eigenvalue weighted by atomic mass is 10.3. The highest BCUT2D eigenvalue weighted by molar-refractivity contribution is 4.32. The predicted molar refractivity (Wildman–Crippen MR) is 43.1 cm³/mol. The van der Waals surface area contributed by atoms with Gasteiger partial charge >= 0.3 is 0 Å². The van der Waals surface area contributed by atoms with Gasteiger partial charge in [-0.05, 0) is 19.3 Å². The minimum absolute atomic E-state index is 0.234. The molecule has 0 atom stereocenters. The summed E-state index contributed by atoms with van der Waals surface area (Å²) in [6, 6.07) is 0. The van der Waals surface area contributed by atoms with Crippen LogP contribution in [0.4, 0.5) is 0 Å². The zero-order chi connectivity index (χ0) is 8.36. The highest BCUT2D eigenvalue weighted by Gasteiger charge is 1.88. The monoisotopic (exact) mass is 162 g/mol. The Kier molecular flexibility index (Phi) is 9.77. The smallest absolute Gasteiger partial charge is 0.0823 e. The summed E-state index contributed by atoms with van der Waals surface area (Å²) in [5, 5.41) is 8.41. The van der Waals surface area contributed by atoms with E-state index in [9.17, 15) is 0 Å². The fourth-order valence-electron chi connectivity index (χ4n) is 0.594. The van der Waals surface area contributed by atoms with Crippen LogP contribution in [0.1, 0.15) is 32.6 Å². The van der Waals surface area contributed by atoms with Gasteiger partial charge in [-0.25, -0.2) is 9.78 Å². The van der Waals surface area contributed by atoms with Crippen LogP contribution in [-0.2, 0) is 9.78 Å². The molecule has 0 saturated heterocycles. The molecule has 0 bridgehead atoms. The lowest BCUT2D eigenvalue weighted by Crippen LogP contribution is -1.99. The molecule has 0 saturated carbocycles. The van der Waals surface area contributed by atoms with Gasteiger partial charge < -0.3 is 5.11 Å². The van der Waals surface area contributed by atoms with E-state index in [0.717, 1.165) is 25.7 Å². The predicted octanol–water partition coefficient (Wildman–Crippen LogP) is 1.51. The summed E-state index contributed by atoms with van der Waals surface area (Å²) in [4.78, 5) is 9.67. The van der Waals surface area contributed by atoms with Crippen LogP contribution in [-0.4, -0.2) is 24.9 Å². The lowest BCUT2D eigenvalue weighted by molar-refractivity contribution is -0.295. The number of aliphatic hydroxyl groups excluding tert-OH is 1. The Bertz CT molecular complexity index is 58.4. The third kappa shape index (κ3) is 9.88. The molecule has 0 aliphatic heterocycles. The quantitative estimate of drug-likeness (QED) is 0.334. The molecule has 3 nitrogen and oxygen atoms in total. The van der Waals surface area contributed by atoms with Gasteiger partial charge in [0.1, 0.15) is 0 Å². The van der Waals surface area contributed by atoms with Gasteiger partial charge in [0.05, 0.1) is 13.2 Å². The standard InChI is InChI=1S/C8H18O3/c1-2-3-7-10-11-8-5-4-6-9/h9H,2-8H2,1H3. The second-order valence-electron chi connectivity index (χ2n) is 2.43. The molecule has 0 aromatic carbocycles. The second kappa shape index (κ2) is 9.88. The zero-order valence-electron chi connectivity index (χ0n) is 7.21. The van der Waals surface area contributed by atoms with E-state index in [1.165, 1.54) is 0 Å². The van der Waals surface area contributed by atoms with Gasteiger partial charge in [-0.2, -0.15) is 0 Å². The summed E-state index contributed by atoms with van der Waals surface area (Å²) in [5.74, 6) is 0. The fraction of sp³-hybridized carbons (Fsp3) is 1.00. The first kappa shape index (κ1) is 10.9. The van der Waals surface area contributed by atoms with E-state index < -0.39 is 0 Å². The van der Waals surface area contributed by atoms with E-state index in [-0.39, 0.29) is 6.61 Å². The van der Waals surface area contributed by atoms with Crippen molar-refractivity contribution in [3.63, 3.8) is 0 Å². The molecule has 0 fully saturated rings. The molecule has 1 N–H and O–H groups in total. The summed E-state index contributed by atoms with van der Waals surface area (Å²) in [7, 11) is 0. The molecule has 3 heteroatoms. The maximum atomic E-state index is 8.41. The van der Waals surface area contributed by atoms with Crippen molar-refractivity contribution < 1.29 is 14.9 Å². The molecule has 0 aromatic rings. The molecular weight excluding hydrogens is 144 g/mol. The molecule has 11 heavy (non-hydrogen) atoms. The maximum Gasteiger partial charge on any atom is 0.0823 e.